The highest BCUT2D eigenvalue weighted by molar-refractivity contribution is 6.34. The van der Waals surface area contributed by atoms with Crippen LogP contribution in [0.25, 0.3) is 0 Å². The highest BCUT2D eigenvalue weighted by Crippen LogP contribution is 2.18. The van der Waals surface area contributed by atoms with Crippen molar-refractivity contribution in [2.75, 3.05) is 11.1 Å². The molecule has 0 bridgehead atoms. The summed E-state index contributed by atoms with van der Waals surface area (Å²) >= 11 is 5.85. The molecule has 17 heavy (non-hydrogen) atoms. The van der Waals surface area contributed by atoms with Crippen LogP contribution in [0.15, 0.2) is 36.8 Å². The van der Waals surface area contributed by atoms with Gasteiger partial charge in [-0.05, 0) is 18.2 Å². The number of amides is 1. The van der Waals surface area contributed by atoms with Gasteiger partial charge in [-0.15, -0.1) is 0 Å². The van der Waals surface area contributed by atoms with Crippen molar-refractivity contribution >= 4 is 29.0 Å². The smallest absolute Gasteiger partial charge is 0.258 e. The minimum absolute atomic E-state index is 0.277. The molecule has 2 rings (SSSR count). The maximum absolute atomic E-state index is 11.9. The van der Waals surface area contributed by atoms with E-state index in [0.29, 0.717) is 17.1 Å². The second-order valence-electron chi connectivity index (χ2n) is 3.25. The summed E-state index contributed by atoms with van der Waals surface area (Å²) in [5.74, 6) is -0.0619. The zero-order valence-corrected chi connectivity index (χ0v) is 9.48. The molecule has 0 fully saturated rings. The van der Waals surface area contributed by atoms with Crippen molar-refractivity contribution in [3.63, 3.8) is 0 Å². The Labute approximate surface area is 103 Å². The Morgan fingerprint density at radius 3 is 2.88 bits per heavy atom. The van der Waals surface area contributed by atoms with Crippen molar-refractivity contribution < 1.29 is 4.79 Å². The summed E-state index contributed by atoms with van der Waals surface area (Å²) in [6.07, 6.45) is 4.43. The van der Waals surface area contributed by atoms with E-state index in [1.54, 1.807) is 18.3 Å². The van der Waals surface area contributed by atoms with Gasteiger partial charge in [0.05, 0.1) is 16.3 Å². The van der Waals surface area contributed by atoms with E-state index in [-0.39, 0.29) is 10.9 Å². The Morgan fingerprint density at radius 2 is 2.18 bits per heavy atom. The minimum atomic E-state index is -0.372. The molecule has 86 valence electrons. The number of nitrogens with two attached hydrogens (primary N) is 1. The molecular weight excluding hydrogens is 240 g/mol. The summed E-state index contributed by atoms with van der Waals surface area (Å²) in [4.78, 5) is 19.6. The first kappa shape index (κ1) is 11.3. The molecular formula is C11H9ClN4O. The normalized spacial score (nSPS) is 9.94. The van der Waals surface area contributed by atoms with Gasteiger partial charge in [-0.3, -0.25) is 9.78 Å². The summed E-state index contributed by atoms with van der Waals surface area (Å²) in [5.41, 5.74) is 6.38. The quantitative estimate of drug-likeness (QED) is 0.851. The first-order valence-electron chi connectivity index (χ1n) is 4.80. The molecule has 6 heteroatoms. The number of rotatable bonds is 2. The Bertz CT molecular complexity index is 559. The predicted octanol–water partition coefficient (Wildman–Crippen LogP) is 1.96. The number of carbonyl (C=O) groups is 1. The van der Waals surface area contributed by atoms with Gasteiger partial charge in [0.25, 0.3) is 5.91 Å². The molecule has 0 radical (unpaired) electrons. The molecule has 2 aromatic rings. The Hall–Kier alpha value is -2.14. The number of anilines is 2. The van der Waals surface area contributed by atoms with Gasteiger partial charge in [-0.2, -0.15) is 0 Å². The second kappa shape index (κ2) is 4.80. The molecule has 2 heterocycles. The van der Waals surface area contributed by atoms with Crippen LogP contribution in [0.3, 0.4) is 0 Å². The highest BCUT2D eigenvalue weighted by Gasteiger charge is 2.11. The fourth-order valence-corrected chi connectivity index (χ4v) is 1.46. The average Bonchev–Trinajstić information content (AvgIpc) is 2.32. The largest absolute Gasteiger partial charge is 0.396 e. The van der Waals surface area contributed by atoms with Crippen LogP contribution in [0, 0.1) is 0 Å². The lowest BCUT2D eigenvalue weighted by molar-refractivity contribution is 0.102. The molecule has 0 atom stereocenters. The molecule has 0 aliphatic carbocycles. The summed E-state index contributed by atoms with van der Waals surface area (Å²) in [7, 11) is 0. The van der Waals surface area contributed by atoms with Crippen molar-refractivity contribution in [3.8, 4) is 0 Å². The molecule has 0 spiro atoms. The van der Waals surface area contributed by atoms with Crippen LogP contribution in [0.1, 0.15) is 10.4 Å². The number of nitrogens with one attached hydrogen (secondary N) is 1. The van der Waals surface area contributed by atoms with Gasteiger partial charge in [-0.25, -0.2) is 4.98 Å². The van der Waals surface area contributed by atoms with Gasteiger partial charge in [-0.1, -0.05) is 11.6 Å². The summed E-state index contributed by atoms with van der Waals surface area (Å²) in [5, 5.41) is 2.86. The summed E-state index contributed by atoms with van der Waals surface area (Å²) in [6, 6.07) is 4.86. The molecule has 3 N–H and O–H groups in total. The van der Waals surface area contributed by atoms with Crippen molar-refractivity contribution in [2.45, 2.75) is 0 Å². The van der Waals surface area contributed by atoms with Crippen LogP contribution < -0.4 is 11.1 Å². The van der Waals surface area contributed by atoms with Crippen LogP contribution in [0.4, 0.5) is 11.5 Å². The second-order valence-corrected chi connectivity index (χ2v) is 3.66. The average molecular weight is 249 g/mol. The van der Waals surface area contributed by atoms with E-state index in [0.717, 1.165) is 0 Å². The number of nitrogen functional groups attached to an aromatic ring is 1. The first-order chi connectivity index (χ1) is 8.18. The van der Waals surface area contributed by atoms with Crippen LogP contribution in [0.2, 0.25) is 5.02 Å². The van der Waals surface area contributed by atoms with Gasteiger partial charge < -0.3 is 11.1 Å². The van der Waals surface area contributed by atoms with E-state index in [2.05, 4.69) is 15.3 Å². The molecule has 0 unspecified atom stereocenters. The zero-order chi connectivity index (χ0) is 12.3. The third kappa shape index (κ3) is 2.51. The number of carbonyl (C=O) groups excluding carboxylic acids is 1. The Balaban J connectivity index is 2.24. The topological polar surface area (TPSA) is 80.9 Å². The number of hydrogen-bond donors (Lipinski definition) is 2. The van der Waals surface area contributed by atoms with Gasteiger partial charge in [0.15, 0.2) is 5.82 Å². The third-order valence-corrected chi connectivity index (χ3v) is 2.39. The van der Waals surface area contributed by atoms with E-state index >= 15 is 0 Å². The van der Waals surface area contributed by atoms with E-state index < -0.39 is 0 Å². The van der Waals surface area contributed by atoms with Crippen LogP contribution in [-0.4, -0.2) is 15.9 Å². The van der Waals surface area contributed by atoms with E-state index in [1.165, 1.54) is 18.5 Å². The maximum atomic E-state index is 11.9. The highest BCUT2D eigenvalue weighted by atomic mass is 35.5. The van der Waals surface area contributed by atoms with Crippen LogP contribution >= 0.6 is 11.6 Å². The van der Waals surface area contributed by atoms with Crippen LogP contribution in [0.5, 0.6) is 0 Å². The zero-order valence-electron chi connectivity index (χ0n) is 8.72. The van der Waals surface area contributed by atoms with Crippen molar-refractivity contribution in [1.82, 2.24) is 9.97 Å². The molecule has 0 aliphatic heterocycles. The minimum Gasteiger partial charge on any atom is -0.396 e. The number of hydrogen-bond acceptors (Lipinski definition) is 4. The lowest BCUT2D eigenvalue weighted by Crippen LogP contribution is -2.14. The SMILES string of the molecule is Nc1cccnc1NC(=O)c1ccncc1Cl. The lowest BCUT2D eigenvalue weighted by Gasteiger charge is -2.07. The maximum Gasteiger partial charge on any atom is 0.258 e. The van der Waals surface area contributed by atoms with Crippen molar-refractivity contribution in [1.29, 1.82) is 0 Å². The Kier molecular flexibility index (Phi) is 3.20. The number of pyridine rings is 2. The summed E-state index contributed by atoms with van der Waals surface area (Å²) in [6.45, 7) is 0. The fraction of sp³-hybridized carbons (Fsp3) is 0. The van der Waals surface area contributed by atoms with E-state index in [4.69, 9.17) is 17.3 Å². The molecule has 2 aromatic heterocycles. The Morgan fingerprint density at radius 1 is 1.35 bits per heavy atom. The van der Waals surface area contributed by atoms with Crippen LogP contribution in [-0.2, 0) is 0 Å². The molecule has 0 saturated carbocycles. The lowest BCUT2D eigenvalue weighted by atomic mass is 10.2. The molecule has 5 nitrogen and oxygen atoms in total. The summed E-state index contributed by atoms with van der Waals surface area (Å²) < 4.78 is 0. The fourth-order valence-electron chi connectivity index (χ4n) is 1.26. The van der Waals surface area contributed by atoms with Gasteiger partial charge >= 0.3 is 0 Å². The molecule has 0 aromatic carbocycles. The first-order valence-corrected chi connectivity index (χ1v) is 5.17. The number of nitrogens with zero attached hydrogens (tertiary/aromatic N) is 2. The third-order valence-electron chi connectivity index (χ3n) is 2.09. The monoisotopic (exact) mass is 248 g/mol. The predicted molar refractivity (Wildman–Crippen MR) is 65.8 cm³/mol. The van der Waals surface area contributed by atoms with Gasteiger partial charge in [0, 0.05) is 18.6 Å². The van der Waals surface area contributed by atoms with Crippen molar-refractivity contribution in [2.24, 2.45) is 0 Å². The molecule has 0 saturated heterocycles. The van der Waals surface area contributed by atoms with Gasteiger partial charge in [0.2, 0.25) is 0 Å². The van der Waals surface area contributed by atoms with Gasteiger partial charge in [0.1, 0.15) is 0 Å². The van der Waals surface area contributed by atoms with E-state index in [9.17, 15) is 4.79 Å². The van der Waals surface area contributed by atoms with E-state index in [1.807, 2.05) is 0 Å². The van der Waals surface area contributed by atoms with Crippen molar-refractivity contribution in [3.05, 3.63) is 47.4 Å². The number of halogens is 1. The molecule has 1 amide bonds. The molecule has 0 aliphatic rings. The standard InChI is InChI=1S/C11H9ClN4O/c12-8-6-14-5-3-7(8)11(17)16-10-9(13)2-1-4-15-10/h1-6H,13H2,(H,15,16,17). The number of aromatic nitrogens is 2.